The van der Waals surface area contributed by atoms with Gasteiger partial charge >= 0.3 is 11.7 Å². The van der Waals surface area contributed by atoms with Crippen molar-refractivity contribution >= 4 is 22.4 Å². The van der Waals surface area contributed by atoms with Gasteiger partial charge in [-0.05, 0) is 34.4 Å². The van der Waals surface area contributed by atoms with Crippen molar-refractivity contribution in [2.24, 2.45) is 0 Å². The summed E-state index contributed by atoms with van der Waals surface area (Å²) >= 11 is 0. The molecule has 3 aromatic rings. The normalized spacial score (nSPS) is 10.3. The van der Waals surface area contributed by atoms with E-state index in [2.05, 4.69) is 0 Å². The predicted octanol–water partition coefficient (Wildman–Crippen LogP) is 4.14. The second-order valence-electron chi connectivity index (χ2n) is 5.77. The maximum absolute atomic E-state index is 11.4. The van der Waals surface area contributed by atoms with E-state index in [0.29, 0.717) is 12.0 Å². The maximum atomic E-state index is 11.4. The molecule has 0 radical (unpaired) electrons. The number of nitrogens with zero attached hydrogens (tertiary/aromatic N) is 2. The monoisotopic (exact) mass is 346 g/mol. The van der Waals surface area contributed by atoms with Gasteiger partial charge in [-0.3, -0.25) is 14.9 Å². The fourth-order valence-corrected chi connectivity index (χ4v) is 2.91. The summed E-state index contributed by atoms with van der Waals surface area (Å²) in [7, 11) is 0. The minimum atomic E-state index is -0.716. The highest BCUT2D eigenvalue weighted by Crippen LogP contribution is 2.34. The Balaban J connectivity index is 2.11. The second-order valence-corrected chi connectivity index (χ2v) is 5.77. The predicted molar refractivity (Wildman–Crippen MR) is 95.9 cm³/mol. The molecule has 6 heteroatoms. The highest BCUT2D eigenvalue weighted by atomic mass is 16.6. The molecule has 0 unspecified atom stereocenters. The van der Waals surface area contributed by atoms with Gasteiger partial charge in [0.2, 0.25) is 5.75 Å². The number of hydrogen-bond acceptors (Lipinski definition) is 5. The van der Waals surface area contributed by atoms with E-state index in [1.54, 1.807) is 0 Å². The van der Waals surface area contributed by atoms with Crippen molar-refractivity contribution in [3.63, 3.8) is 0 Å². The van der Waals surface area contributed by atoms with E-state index in [0.717, 1.165) is 23.3 Å². The molecule has 0 amide bonds. The lowest BCUT2D eigenvalue weighted by molar-refractivity contribution is -0.385. The smallest absolute Gasteiger partial charge is 0.313 e. The Labute approximate surface area is 149 Å². The molecule has 0 aromatic heterocycles. The van der Waals surface area contributed by atoms with E-state index in [-0.39, 0.29) is 11.3 Å². The standard InChI is InChI=1S/C20H14N2O4/c1-13(23)26-20-17(12-21)10-14(11-19(20)22(24)25)9-16-7-4-6-15-5-2-3-8-18(15)16/h2-8,10-11H,9H2,1H3. The zero-order chi connectivity index (χ0) is 18.7. The van der Waals surface area contributed by atoms with Crippen LogP contribution in [0.2, 0.25) is 0 Å². The molecule has 0 bridgehead atoms. The minimum Gasteiger partial charge on any atom is -0.418 e. The number of carbonyl (C=O) groups excluding carboxylic acids is 1. The number of nitro benzene ring substituents is 1. The molecule has 0 aliphatic carbocycles. The Kier molecular flexibility index (Phi) is 4.63. The molecule has 0 aliphatic heterocycles. The number of nitriles is 1. The number of nitro groups is 1. The molecule has 0 fully saturated rings. The highest BCUT2D eigenvalue weighted by molar-refractivity contribution is 5.86. The van der Waals surface area contributed by atoms with Crippen LogP contribution in [-0.2, 0) is 11.2 Å². The third-order valence-corrected chi connectivity index (χ3v) is 3.97. The van der Waals surface area contributed by atoms with Gasteiger partial charge < -0.3 is 4.74 Å². The summed E-state index contributed by atoms with van der Waals surface area (Å²) in [6, 6.07) is 18.5. The number of fused-ring (bicyclic) bond motifs is 1. The number of hydrogen-bond donors (Lipinski definition) is 0. The van der Waals surface area contributed by atoms with Gasteiger partial charge in [-0.25, -0.2) is 0 Å². The van der Waals surface area contributed by atoms with Crippen LogP contribution in [0.1, 0.15) is 23.6 Å². The third kappa shape index (κ3) is 3.37. The molecular weight excluding hydrogens is 332 g/mol. The summed E-state index contributed by atoms with van der Waals surface area (Å²) in [4.78, 5) is 22.0. The van der Waals surface area contributed by atoms with Crippen LogP contribution < -0.4 is 4.74 Å². The zero-order valence-electron chi connectivity index (χ0n) is 13.9. The lowest BCUT2D eigenvalue weighted by Crippen LogP contribution is -2.07. The van der Waals surface area contributed by atoms with Gasteiger partial charge in [-0.1, -0.05) is 42.5 Å². The van der Waals surface area contributed by atoms with Crippen LogP contribution in [0.3, 0.4) is 0 Å². The van der Waals surface area contributed by atoms with E-state index in [1.807, 2.05) is 48.5 Å². The SMILES string of the molecule is CC(=O)Oc1c(C#N)cc(Cc2cccc3ccccc23)cc1[N+](=O)[O-]. The van der Waals surface area contributed by atoms with Crippen LogP contribution >= 0.6 is 0 Å². The van der Waals surface area contributed by atoms with Gasteiger partial charge in [0.15, 0.2) is 0 Å². The lowest BCUT2D eigenvalue weighted by atomic mass is 9.97. The molecule has 0 atom stereocenters. The highest BCUT2D eigenvalue weighted by Gasteiger charge is 2.23. The molecule has 0 aliphatic rings. The summed E-state index contributed by atoms with van der Waals surface area (Å²) < 4.78 is 4.90. The topological polar surface area (TPSA) is 93.2 Å². The van der Waals surface area contributed by atoms with Crippen molar-refractivity contribution in [2.75, 3.05) is 0 Å². The Morgan fingerprint density at radius 2 is 1.92 bits per heavy atom. The van der Waals surface area contributed by atoms with E-state index < -0.39 is 16.6 Å². The first kappa shape index (κ1) is 17.1. The fourth-order valence-electron chi connectivity index (χ4n) is 2.91. The molecule has 26 heavy (non-hydrogen) atoms. The van der Waals surface area contributed by atoms with Gasteiger partial charge in [0.1, 0.15) is 11.6 Å². The average molecular weight is 346 g/mol. The first-order valence-corrected chi connectivity index (χ1v) is 7.86. The molecular formula is C20H14N2O4. The number of benzene rings is 3. The van der Waals surface area contributed by atoms with Crippen molar-refractivity contribution < 1.29 is 14.5 Å². The average Bonchev–Trinajstić information content (AvgIpc) is 2.62. The fraction of sp³-hybridized carbons (Fsp3) is 0.100. The van der Waals surface area contributed by atoms with Gasteiger partial charge in [0, 0.05) is 13.0 Å². The van der Waals surface area contributed by atoms with Crippen LogP contribution in [0.15, 0.2) is 54.6 Å². The lowest BCUT2D eigenvalue weighted by Gasteiger charge is -2.10. The van der Waals surface area contributed by atoms with Crippen molar-refractivity contribution in [3.05, 3.63) is 81.4 Å². The summed E-state index contributed by atoms with van der Waals surface area (Å²) in [5, 5.41) is 22.8. The number of carbonyl (C=O) groups is 1. The summed E-state index contributed by atoms with van der Waals surface area (Å²) in [6.07, 6.45) is 0.414. The van der Waals surface area contributed by atoms with Crippen LogP contribution in [0, 0.1) is 21.4 Å². The molecule has 0 saturated carbocycles. The molecule has 0 heterocycles. The molecule has 0 spiro atoms. The number of rotatable bonds is 4. The quantitative estimate of drug-likeness (QED) is 0.306. The van der Waals surface area contributed by atoms with Crippen molar-refractivity contribution in [1.29, 1.82) is 5.26 Å². The van der Waals surface area contributed by atoms with Gasteiger partial charge in [-0.2, -0.15) is 5.26 Å². The summed E-state index contributed by atoms with van der Waals surface area (Å²) in [5.74, 6) is -1.03. The third-order valence-electron chi connectivity index (χ3n) is 3.97. The van der Waals surface area contributed by atoms with E-state index >= 15 is 0 Å². The van der Waals surface area contributed by atoms with Crippen LogP contribution in [-0.4, -0.2) is 10.9 Å². The molecule has 0 saturated heterocycles. The first-order valence-electron chi connectivity index (χ1n) is 7.86. The molecule has 3 aromatic carbocycles. The van der Waals surface area contributed by atoms with Gasteiger partial charge in [-0.15, -0.1) is 0 Å². The van der Waals surface area contributed by atoms with E-state index in [9.17, 15) is 20.2 Å². The van der Waals surface area contributed by atoms with Crippen molar-refractivity contribution in [3.8, 4) is 11.8 Å². The Morgan fingerprint density at radius 1 is 1.19 bits per heavy atom. The number of esters is 1. The van der Waals surface area contributed by atoms with E-state index in [1.165, 1.54) is 12.1 Å². The molecule has 6 nitrogen and oxygen atoms in total. The largest absolute Gasteiger partial charge is 0.418 e. The van der Waals surface area contributed by atoms with Crippen molar-refractivity contribution in [1.82, 2.24) is 0 Å². The van der Waals surface area contributed by atoms with Crippen molar-refractivity contribution in [2.45, 2.75) is 13.3 Å². The Morgan fingerprint density at radius 3 is 2.62 bits per heavy atom. The van der Waals surface area contributed by atoms with Gasteiger partial charge in [0.05, 0.1) is 4.92 Å². The Bertz CT molecular complexity index is 1060. The Hall–Kier alpha value is -3.72. The molecule has 0 N–H and O–H groups in total. The van der Waals surface area contributed by atoms with Crippen LogP contribution in [0.4, 0.5) is 5.69 Å². The van der Waals surface area contributed by atoms with Crippen LogP contribution in [0.25, 0.3) is 10.8 Å². The maximum Gasteiger partial charge on any atom is 0.313 e. The molecule has 3 rings (SSSR count). The van der Waals surface area contributed by atoms with E-state index in [4.69, 9.17) is 4.74 Å². The summed E-state index contributed by atoms with van der Waals surface area (Å²) in [6.45, 7) is 1.13. The summed E-state index contributed by atoms with van der Waals surface area (Å²) in [5.41, 5.74) is 1.15. The number of ether oxygens (including phenoxy) is 1. The van der Waals surface area contributed by atoms with Crippen LogP contribution in [0.5, 0.6) is 5.75 Å². The first-order chi connectivity index (χ1) is 12.5. The van der Waals surface area contributed by atoms with Gasteiger partial charge in [0.25, 0.3) is 0 Å². The minimum absolute atomic E-state index is 0.0374. The zero-order valence-corrected chi connectivity index (χ0v) is 13.9. The second kappa shape index (κ2) is 7.03. The molecule has 128 valence electrons.